The number of esters is 1. The topological polar surface area (TPSA) is 83.3 Å². The molecule has 166 valence electrons. The Hall–Kier alpha value is -2.44. The number of carbonyl (C=O) groups excluding carboxylic acids is 2. The molecule has 0 amide bonds. The first-order valence-electron chi connectivity index (χ1n) is 10.7. The van der Waals surface area contributed by atoms with Gasteiger partial charge in [-0.25, -0.2) is 4.79 Å². The molecule has 1 aromatic rings. The molecule has 7 nitrogen and oxygen atoms in total. The van der Waals surface area contributed by atoms with Crippen LogP contribution in [0.5, 0.6) is 0 Å². The second kappa shape index (κ2) is 9.58. The van der Waals surface area contributed by atoms with Crippen molar-refractivity contribution >= 4 is 18.0 Å². The fourth-order valence-corrected chi connectivity index (χ4v) is 3.61. The zero-order valence-electron chi connectivity index (χ0n) is 19.3. The Morgan fingerprint density at radius 1 is 1.27 bits per heavy atom. The van der Waals surface area contributed by atoms with Crippen LogP contribution in [0, 0.1) is 24.2 Å². The van der Waals surface area contributed by atoms with Gasteiger partial charge in [-0.2, -0.15) is 0 Å². The second-order valence-electron chi connectivity index (χ2n) is 9.37. The van der Waals surface area contributed by atoms with Gasteiger partial charge >= 0.3 is 11.9 Å². The van der Waals surface area contributed by atoms with Crippen molar-refractivity contribution in [3.8, 4) is 0 Å². The van der Waals surface area contributed by atoms with E-state index in [-0.39, 0.29) is 11.9 Å². The van der Waals surface area contributed by atoms with Crippen LogP contribution in [0.1, 0.15) is 78.6 Å². The number of ether oxygens (including phenoxy) is 1. The first kappa shape index (κ1) is 23.8. The molecule has 0 N–H and O–H groups in total. The molecular formula is C23H35N3O4. The Labute approximate surface area is 179 Å². The third-order valence-electron chi connectivity index (χ3n) is 5.17. The van der Waals surface area contributed by atoms with E-state index in [1.165, 1.54) is 0 Å². The quantitative estimate of drug-likeness (QED) is 0.356. The first-order valence-corrected chi connectivity index (χ1v) is 10.7. The summed E-state index contributed by atoms with van der Waals surface area (Å²) in [5, 5.41) is 8.03. The largest absolute Gasteiger partial charge is 0.460 e. The summed E-state index contributed by atoms with van der Waals surface area (Å²) in [6.45, 7) is 13.4. The van der Waals surface area contributed by atoms with E-state index in [2.05, 4.69) is 10.3 Å². The highest BCUT2D eigenvalue weighted by Crippen LogP contribution is 2.45. The maximum Gasteiger partial charge on any atom is 0.339 e. The van der Waals surface area contributed by atoms with E-state index in [1.54, 1.807) is 6.92 Å². The van der Waals surface area contributed by atoms with E-state index in [0.717, 1.165) is 11.3 Å². The van der Waals surface area contributed by atoms with E-state index in [0.29, 0.717) is 30.7 Å². The zero-order chi connectivity index (χ0) is 22.5. The van der Waals surface area contributed by atoms with Gasteiger partial charge < -0.3 is 9.57 Å². The van der Waals surface area contributed by atoms with Gasteiger partial charge in [-0.15, -0.1) is 5.10 Å². The van der Waals surface area contributed by atoms with Crippen LogP contribution in [-0.4, -0.2) is 32.7 Å². The molecule has 0 bridgehead atoms. The number of hydrogen-bond donors (Lipinski definition) is 0. The highest BCUT2D eigenvalue weighted by Gasteiger charge is 2.52. The molecule has 1 aliphatic rings. The normalized spacial score (nSPS) is 16.9. The fourth-order valence-electron chi connectivity index (χ4n) is 3.61. The molecule has 1 aliphatic carbocycles. The minimum Gasteiger partial charge on any atom is -0.460 e. The molecule has 0 aromatic carbocycles. The Bertz CT molecular complexity index is 807. The fraction of sp³-hybridized carbons (Fsp3) is 0.652. The molecule has 30 heavy (non-hydrogen) atoms. The lowest BCUT2D eigenvalue weighted by Crippen LogP contribution is -2.47. The Kier molecular flexibility index (Phi) is 7.61. The highest BCUT2D eigenvalue weighted by molar-refractivity contribution is 5.86. The van der Waals surface area contributed by atoms with Crippen molar-refractivity contribution in [1.82, 2.24) is 15.2 Å². The number of allylic oxidation sites excluding steroid dienone is 3. The van der Waals surface area contributed by atoms with Crippen molar-refractivity contribution in [2.75, 3.05) is 0 Å². The van der Waals surface area contributed by atoms with Crippen LogP contribution in [0.25, 0.3) is 6.08 Å². The summed E-state index contributed by atoms with van der Waals surface area (Å²) >= 11 is 0. The molecule has 1 atom stereocenters. The lowest BCUT2D eigenvalue weighted by atomic mass is 9.70. The van der Waals surface area contributed by atoms with Gasteiger partial charge in [-0.3, -0.25) is 4.79 Å². The molecule has 0 unspecified atom stereocenters. The van der Waals surface area contributed by atoms with E-state index < -0.39 is 22.9 Å². The predicted octanol–water partition coefficient (Wildman–Crippen LogP) is 4.31. The molecule has 7 heteroatoms. The van der Waals surface area contributed by atoms with Gasteiger partial charge in [-0.05, 0) is 70.6 Å². The van der Waals surface area contributed by atoms with Crippen molar-refractivity contribution in [3.05, 3.63) is 29.6 Å². The molecule has 0 saturated carbocycles. The van der Waals surface area contributed by atoms with E-state index in [1.807, 2.05) is 65.8 Å². The monoisotopic (exact) mass is 417 g/mol. The van der Waals surface area contributed by atoms with E-state index in [4.69, 9.17) is 9.57 Å². The van der Waals surface area contributed by atoms with Crippen molar-refractivity contribution in [3.63, 3.8) is 0 Å². The van der Waals surface area contributed by atoms with Crippen LogP contribution in [0.3, 0.4) is 0 Å². The summed E-state index contributed by atoms with van der Waals surface area (Å²) in [5.74, 6) is -1.30. The lowest BCUT2D eigenvalue weighted by molar-refractivity contribution is -0.179. The van der Waals surface area contributed by atoms with Gasteiger partial charge in [0.05, 0.1) is 11.3 Å². The van der Waals surface area contributed by atoms with Gasteiger partial charge in [0.15, 0.2) is 0 Å². The van der Waals surface area contributed by atoms with Crippen LogP contribution in [0.2, 0.25) is 0 Å². The predicted molar refractivity (Wildman–Crippen MR) is 115 cm³/mol. The van der Waals surface area contributed by atoms with Crippen molar-refractivity contribution in [2.24, 2.45) is 17.3 Å². The summed E-state index contributed by atoms with van der Waals surface area (Å²) in [7, 11) is 0. The minimum atomic E-state index is -0.964. The van der Waals surface area contributed by atoms with Gasteiger partial charge in [-0.1, -0.05) is 43.8 Å². The Morgan fingerprint density at radius 2 is 1.90 bits per heavy atom. The van der Waals surface area contributed by atoms with Gasteiger partial charge in [0.25, 0.3) is 0 Å². The molecule has 1 heterocycles. The zero-order valence-corrected chi connectivity index (χ0v) is 19.3. The van der Waals surface area contributed by atoms with Crippen LogP contribution < -0.4 is 4.84 Å². The average molecular weight is 418 g/mol. The first-order chi connectivity index (χ1) is 14.0. The third-order valence-corrected chi connectivity index (χ3v) is 5.17. The summed E-state index contributed by atoms with van der Waals surface area (Å²) in [6.07, 6.45) is 9.99. The molecule has 0 aliphatic heterocycles. The van der Waals surface area contributed by atoms with Crippen LogP contribution in [0.15, 0.2) is 18.2 Å². The molecule has 2 rings (SSSR count). The van der Waals surface area contributed by atoms with Crippen molar-refractivity contribution in [1.29, 1.82) is 0 Å². The summed E-state index contributed by atoms with van der Waals surface area (Å²) in [4.78, 5) is 33.3. The molecule has 0 radical (unpaired) electrons. The van der Waals surface area contributed by atoms with Gasteiger partial charge in [0.2, 0.25) is 0 Å². The molecule has 0 fully saturated rings. The smallest absolute Gasteiger partial charge is 0.339 e. The maximum atomic E-state index is 13.3. The minimum absolute atomic E-state index is 0.197. The number of hydrogen-bond acceptors (Lipinski definition) is 6. The number of rotatable bonds is 8. The Balaban J connectivity index is 2.33. The number of carbonyl (C=O) groups is 2. The lowest BCUT2D eigenvalue weighted by Gasteiger charge is -2.36. The van der Waals surface area contributed by atoms with Crippen molar-refractivity contribution < 1.29 is 19.2 Å². The van der Waals surface area contributed by atoms with Gasteiger partial charge in [0, 0.05) is 0 Å². The summed E-state index contributed by atoms with van der Waals surface area (Å²) in [6, 6.07) is 0. The molecule has 0 saturated heterocycles. The molecular weight excluding hydrogens is 382 g/mol. The van der Waals surface area contributed by atoms with Crippen molar-refractivity contribution in [2.45, 2.75) is 79.8 Å². The van der Waals surface area contributed by atoms with Crippen LogP contribution >= 0.6 is 0 Å². The standard InChI is InChI=1S/C23H35N3O4/c1-8-9-12-19-17(4)26(25-24-19)30-20(27)18(15-16(2)3)23(13-10-11-14-23)21(28)29-22(5,6)7/h9-12,16,18H,8,13-15H2,1-7H3/b12-9-/t18-/m0/s1. The highest BCUT2D eigenvalue weighted by atomic mass is 16.7. The van der Waals surface area contributed by atoms with E-state index in [9.17, 15) is 9.59 Å². The van der Waals surface area contributed by atoms with Crippen LogP contribution in [0.4, 0.5) is 0 Å². The Morgan fingerprint density at radius 3 is 2.43 bits per heavy atom. The molecule has 0 spiro atoms. The second-order valence-corrected chi connectivity index (χ2v) is 9.37. The molecule has 1 aromatic heterocycles. The average Bonchev–Trinajstić information content (AvgIpc) is 3.25. The number of nitrogens with zero attached hydrogens (tertiary/aromatic N) is 3. The SMILES string of the molecule is CC/C=C\c1nnn(OC(=O)[C@H](CC(C)C)C2(C(=O)OC(C)(C)C)CC=CC2)c1C. The van der Waals surface area contributed by atoms with E-state index >= 15 is 0 Å². The summed E-state index contributed by atoms with van der Waals surface area (Å²) < 4.78 is 5.73. The van der Waals surface area contributed by atoms with Gasteiger partial charge in [0.1, 0.15) is 17.0 Å². The van der Waals surface area contributed by atoms with Crippen LogP contribution in [-0.2, 0) is 14.3 Å². The number of aromatic nitrogens is 3. The maximum absolute atomic E-state index is 13.3. The third kappa shape index (κ3) is 5.58. The summed E-state index contributed by atoms with van der Waals surface area (Å²) in [5.41, 5.74) is -0.322.